The minimum Gasteiger partial charge on any atom is -0.393 e. The molecule has 0 aromatic rings. The molecule has 2 heteroatoms. The fourth-order valence-electron chi connectivity index (χ4n) is 3.51. The first-order chi connectivity index (χ1) is 7.15. The van der Waals surface area contributed by atoms with Crippen molar-refractivity contribution in [1.29, 1.82) is 0 Å². The second-order valence-electron chi connectivity index (χ2n) is 5.88. The molecule has 5 atom stereocenters. The van der Waals surface area contributed by atoms with Crippen LogP contribution in [0.3, 0.4) is 0 Å². The third-order valence-electron chi connectivity index (χ3n) is 4.21. The summed E-state index contributed by atoms with van der Waals surface area (Å²) in [6, 6.07) is 0.792. The average Bonchev–Trinajstić information content (AvgIpc) is 2.74. The Morgan fingerprint density at radius 3 is 2.60 bits per heavy atom. The lowest BCUT2D eigenvalue weighted by molar-refractivity contribution is 0.161. The summed E-state index contributed by atoms with van der Waals surface area (Å²) in [6.45, 7) is 5.19. The molecule has 15 heavy (non-hydrogen) atoms. The largest absolute Gasteiger partial charge is 0.393 e. The van der Waals surface area contributed by atoms with Gasteiger partial charge in [0.1, 0.15) is 0 Å². The van der Waals surface area contributed by atoms with E-state index in [0.29, 0.717) is 5.92 Å². The van der Waals surface area contributed by atoms with Crippen LogP contribution in [-0.4, -0.2) is 23.8 Å². The molecular weight excluding hydrogens is 186 g/mol. The Morgan fingerprint density at radius 1 is 1.27 bits per heavy atom. The van der Waals surface area contributed by atoms with Crippen LogP contribution >= 0.6 is 0 Å². The van der Waals surface area contributed by atoms with Gasteiger partial charge in [-0.25, -0.2) is 0 Å². The summed E-state index contributed by atoms with van der Waals surface area (Å²) in [4.78, 5) is 0. The molecule has 0 aromatic heterocycles. The molecule has 2 bridgehead atoms. The van der Waals surface area contributed by atoms with Crippen LogP contribution in [0.1, 0.15) is 46.0 Å². The molecule has 0 aliphatic heterocycles. The van der Waals surface area contributed by atoms with Crippen molar-refractivity contribution in [1.82, 2.24) is 5.32 Å². The molecule has 2 nitrogen and oxygen atoms in total. The van der Waals surface area contributed by atoms with E-state index in [1.165, 1.54) is 25.7 Å². The topological polar surface area (TPSA) is 32.3 Å². The number of rotatable bonds is 5. The molecule has 2 N–H and O–H groups in total. The van der Waals surface area contributed by atoms with E-state index in [4.69, 9.17) is 0 Å². The second kappa shape index (κ2) is 4.84. The van der Waals surface area contributed by atoms with Gasteiger partial charge in [-0.05, 0) is 56.9 Å². The van der Waals surface area contributed by atoms with Gasteiger partial charge in [-0.3, -0.25) is 0 Å². The van der Waals surface area contributed by atoms with Gasteiger partial charge in [-0.2, -0.15) is 0 Å². The molecule has 88 valence electrons. The van der Waals surface area contributed by atoms with Gasteiger partial charge >= 0.3 is 0 Å². The van der Waals surface area contributed by atoms with Gasteiger partial charge in [0.05, 0.1) is 6.10 Å². The van der Waals surface area contributed by atoms with E-state index in [1.54, 1.807) is 0 Å². The van der Waals surface area contributed by atoms with Crippen molar-refractivity contribution in [2.24, 2.45) is 17.8 Å². The van der Waals surface area contributed by atoms with Crippen molar-refractivity contribution >= 4 is 0 Å². The zero-order chi connectivity index (χ0) is 10.8. The number of fused-ring (bicyclic) bond motifs is 2. The Bertz CT molecular complexity index is 205. The summed E-state index contributed by atoms with van der Waals surface area (Å²) in [7, 11) is 0. The van der Waals surface area contributed by atoms with Crippen LogP contribution in [0.5, 0.6) is 0 Å². The molecule has 0 heterocycles. The van der Waals surface area contributed by atoms with Gasteiger partial charge in [0.25, 0.3) is 0 Å². The van der Waals surface area contributed by atoms with Gasteiger partial charge in [0.15, 0.2) is 0 Å². The molecule has 0 spiro atoms. The van der Waals surface area contributed by atoms with Gasteiger partial charge in [-0.1, -0.05) is 13.3 Å². The van der Waals surface area contributed by atoms with Crippen LogP contribution in [-0.2, 0) is 0 Å². The van der Waals surface area contributed by atoms with E-state index in [1.807, 2.05) is 6.92 Å². The number of hydrogen-bond acceptors (Lipinski definition) is 2. The fourth-order valence-corrected chi connectivity index (χ4v) is 3.51. The summed E-state index contributed by atoms with van der Waals surface area (Å²) in [6.07, 6.45) is 6.59. The monoisotopic (exact) mass is 211 g/mol. The van der Waals surface area contributed by atoms with E-state index < -0.39 is 0 Å². The lowest BCUT2D eigenvalue weighted by Crippen LogP contribution is -2.37. The van der Waals surface area contributed by atoms with Gasteiger partial charge in [-0.15, -0.1) is 0 Å². The summed E-state index contributed by atoms with van der Waals surface area (Å²) in [5, 5.41) is 13.0. The van der Waals surface area contributed by atoms with Gasteiger partial charge in [0, 0.05) is 6.04 Å². The maximum Gasteiger partial charge on any atom is 0.0515 e. The van der Waals surface area contributed by atoms with Crippen molar-refractivity contribution in [3.63, 3.8) is 0 Å². The van der Waals surface area contributed by atoms with E-state index in [2.05, 4.69) is 12.2 Å². The first-order valence-electron chi connectivity index (χ1n) is 6.56. The normalized spacial score (nSPS) is 38.2. The molecule has 0 radical (unpaired) electrons. The minimum atomic E-state index is -0.151. The summed E-state index contributed by atoms with van der Waals surface area (Å²) in [5.74, 6) is 2.59. The van der Waals surface area contributed by atoms with E-state index in [-0.39, 0.29) is 6.10 Å². The van der Waals surface area contributed by atoms with Crippen LogP contribution in [0.4, 0.5) is 0 Å². The van der Waals surface area contributed by atoms with Crippen LogP contribution in [0.2, 0.25) is 0 Å². The van der Waals surface area contributed by atoms with Crippen LogP contribution in [0.15, 0.2) is 0 Å². The fraction of sp³-hybridized carbons (Fsp3) is 1.00. The molecule has 2 saturated carbocycles. The van der Waals surface area contributed by atoms with Crippen LogP contribution in [0, 0.1) is 17.8 Å². The average molecular weight is 211 g/mol. The van der Waals surface area contributed by atoms with E-state index in [0.717, 1.165) is 30.8 Å². The number of nitrogens with one attached hydrogen (secondary N) is 1. The smallest absolute Gasteiger partial charge is 0.0515 e. The Balaban J connectivity index is 1.66. The Labute approximate surface area is 93.5 Å². The zero-order valence-corrected chi connectivity index (χ0v) is 10.1. The SMILES string of the molecule is CC(O)CC(C)CNC1CC2CCC1C2. The molecular formula is C13H25NO. The van der Waals surface area contributed by atoms with Gasteiger partial charge < -0.3 is 10.4 Å². The van der Waals surface area contributed by atoms with Crippen molar-refractivity contribution in [2.75, 3.05) is 6.54 Å². The third-order valence-corrected chi connectivity index (χ3v) is 4.21. The number of aliphatic hydroxyl groups is 1. The molecule has 0 aromatic carbocycles. The number of hydrogen-bond donors (Lipinski definition) is 2. The van der Waals surface area contributed by atoms with Crippen molar-refractivity contribution in [2.45, 2.75) is 58.1 Å². The van der Waals surface area contributed by atoms with E-state index >= 15 is 0 Å². The van der Waals surface area contributed by atoms with Gasteiger partial charge in [0.2, 0.25) is 0 Å². The molecule has 0 saturated heterocycles. The Morgan fingerprint density at radius 2 is 2.07 bits per heavy atom. The maximum atomic E-state index is 9.29. The maximum absolute atomic E-state index is 9.29. The van der Waals surface area contributed by atoms with Crippen molar-refractivity contribution in [3.05, 3.63) is 0 Å². The summed E-state index contributed by atoms with van der Waals surface area (Å²) >= 11 is 0. The number of aliphatic hydroxyl groups excluding tert-OH is 1. The zero-order valence-electron chi connectivity index (χ0n) is 10.1. The highest BCUT2D eigenvalue weighted by Gasteiger charge is 2.39. The van der Waals surface area contributed by atoms with Crippen molar-refractivity contribution < 1.29 is 5.11 Å². The highest BCUT2D eigenvalue weighted by molar-refractivity contribution is 4.94. The summed E-state index contributed by atoms with van der Waals surface area (Å²) < 4.78 is 0. The second-order valence-corrected chi connectivity index (χ2v) is 5.88. The molecule has 2 fully saturated rings. The first kappa shape index (κ1) is 11.4. The quantitative estimate of drug-likeness (QED) is 0.730. The molecule has 2 rings (SSSR count). The molecule has 2 aliphatic carbocycles. The van der Waals surface area contributed by atoms with E-state index in [9.17, 15) is 5.11 Å². The third kappa shape index (κ3) is 2.94. The lowest BCUT2D eigenvalue weighted by atomic mass is 9.94. The Kier molecular flexibility index (Phi) is 3.68. The molecule has 2 aliphatic rings. The lowest BCUT2D eigenvalue weighted by Gasteiger charge is -2.25. The molecule has 5 unspecified atom stereocenters. The molecule has 0 amide bonds. The predicted octanol–water partition coefficient (Wildman–Crippen LogP) is 2.17. The Hall–Kier alpha value is -0.0800. The standard InChI is InChI=1S/C13H25NO/c1-9(5-10(2)15)8-14-13-7-11-3-4-12(13)6-11/h9-15H,3-8H2,1-2H3. The highest BCUT2D eigenvalue weighted by Crippen LogP contribution is 2.44. The van der Waals surface area contributed by atoms with Crippen LogP contribution in [0.25, 0.3) is 0 Å². The first-order valence-corrected chi connectivity index (χ1v) is 6.56. The summed E-state index contributed by atoms with van der Waals surface area (Å²) in [5.41, 5.74) is 0. The van der Waals surface area contributed by atoms with Crippen molar-refractivity contribution in [3.8, 4) is 0 Å². The minimum absolute atomic E-state index is 0.151. The predicted molar refractivity (Wildman–Crippen MR) is 62.7 cm³/mol. The van der Waals surface area contributed by atoms with Crippen LogP contribution < -0.4 is 5.32 Å². The highest BCUT2D eigenvalue weighted by atomic mass is 16.3.